The normalized spacial score (nSPS) is 10.6. The molecule has 1 amide bonds. The SMILES string of the molecule is CCCOc1ccccc1C(=O)N/N=C/c1cc(OC)c(OC)cc1Cl. The standard InChI is InChI=1S/C19H21ClN2O4/c1-4-9-26-16-8-6-5-7-14(16)19(23)22-21-12-13-10-17(24-2)18(25-3)11-15(13)20/h5-8,10-12H,4,9H2,1-3H3,(H,22,23)/b21-12+. The summed E-state index contributed by atoms with van der Waals surface area (Å²) >= 11 is 6.19. The molecule has 0 atom stereocenters. The van der Waals surface area contributed by atoms with Gasteiger partial charge in [-0.15, -0.1) is 0 Å². The van der Waals surface area contributed by atoms with E-state index in [9.17, 15) is 4.79 Å². The lowest BCUT2D eigenvalue weighted by Gasteiger charge is -2.10. The third-order valence-corrected chi connectivity index (χ3v) is 3.79. The molecule has 0 fully saturated rings. The second kappa shape index (κ2) is 9.68. The summed E-state index contributed by atoms with van der Waals surface area (Å²) in [6.07, 6.45) is 2.30. The van der Waals surface area contributed by atoms with Crippen LogP contribution in [0.15, 0.2) is 41.5 Å². The van der Waals surface area contributed by atoms with Gasteiger partial charge in [0.25, 0.3) is 5.91 Å². The largest absolute Gasteiger partial charge is 0.493 e. The summed E-state index contributed by atoms with van der Waals surface area (Å²) in [6, 6.07) is 10.3. The number of para-hydroxylation sites is 1. The molecule has 2 rings (SSSR count). The van der Waals surface area contributed by atoms with E-state index in [1.54, 1.807) is 30.3 Å². The lowest BCUT2D eigenvalue weighted by atomic mass is 10.2. The molecule has 0 unspecified atom stereocenters. The molecule has 0 radical (unpaired) electrons. The molecule has 0 aliphatic carbocycles. The van der Waals surface area contributed by atoms with Crippen LogP contribution in [-0.4, -0.2) is 32.9 Å². The fourth-order valence-corrected chi connectivity index (χ4v) is 2.38. The molecule has 26 heavy (non-hydrogen) atoms. The number of nitrogens with one attached hydrogen (secondary N) is 1. The summed E-state index contributed by atoms with van der Waals surface area (Å²) < 4.78 is 16.0. The minimum atomic E-state index is -0.371. The topological polar surface area (TPSA) is 69.2 Å². The van der Waals surface area contributed by atoms with Crippen molar-refractivity contribution in [3.05, 3.63) is 52.5 Å². The highest BCUT2D eigenvalue weighted by atomic mass is 35.5. The van der Waals surface area contributed by atoms with Gasteiger partial charge in [0.15, 0.2) is 11.5 Å². The van der Waals surface area contributed by atoms with E-state index in [1.807, 2.05) is 13.0 Å². The van der Waals surface area contributed by atoms with Crippen LogP contribution in [0, 0.1) is 0 Å². The van der Waals surface area contributed by atoms with Gasteiger partial charge in [-0.3, -0.25) is 4.79 Å². The number of rotatable bonds is 8. The molecule has 6 nitrogen and oxygen atoms in total. The maximum atomic E-state index is 12.3. The Morgan fingerprint density at radius 1 is 1.15 bits per heavy atom. The Labute approximate surface area is 157 Å². The predicted octanol–water partition coefficient (Wildman–Crippen LogP) is 3.91. The second-order valence-electron chi connectivity index (χ2n) is 5.27. The molecule has 0 saturated carbocycles. The van der Waals surface area contributed by atoms with E-state index >= 15 is 0 Å². The van der Waals surface area contributed by atoms with Gasteiger partial charge in [-0.05, 0) is 24.6 Å². The number of amides is 1. The molecule has 0 saturated heterocycles. The molecule has 0 spiro atoms. The van der Waals surface area contributed by atoms with Crippen molar-refractivity contribution in [2.24, 2.45) is 5.10 Å². The van der Waals surface area contributed by atoms with Crippen molar-refractivity contribution in [2.75, 3.05) is 20.8 Å². The van der Waals surface area contributed by atoms with Gasteiger partial charge in [0.05, 0.1) is 37.6 Å². The highest BCUT2D eigenvalue weighted by Gasteiger charge is 2.12. The van der Waals surface area contributed by atoms with E-state index in [-0.39, 0.29) is 5.91 Å². The molecule has 2 aromatic carbocycles. The summed E-state index contributed by atoms with van der Waals surface area (Å²) in [6.45, 7) is 2.54. The van der Waals surface area contributed by atoms with E-state index in [0.29, 0.717) is 40.0 Å². The minimum Gasteiger partial charge on any atom is -0.493 e. The fraction of sp³-hybridized carbons (Fsp3) is 0.263. The van der Waals surface area contributed by atoms with Crippen molar-refractivity contribution < 1.29 is 19.0 Å². The Kier molecular flexibility index (Phi) is 7.29. The first kappa shape index (κ1) is 19.6. The number of carbonyl (C=O) groups is 1. The van der Waals surface area contributed by atoms with Crippen molar-refractivity contribution in [2.45, 2.75) is 13.3 Å². The molecule has 2 aromatic rings. The zero-order chi connectivity index (χ0) is 18.9. The number of ether oxygens (including phenoxy) is 3. The lowest BCUT2D eigenvalue weighted by Crippen LogP contribution is -2.18. The zero-order valence-electron chi connectivity index (χ0n) is 14.9. The maximum Gasteiger partial charge on any atom is 0.275 e. The molecule has 0 aromatic heterocycles. The number of hydrogen-bond donors (Lipinski definition) is 1. The lowest BCUT2D eigenvalue weighted by molar-refractivity contribution is 0.0951. The van der Waals surface area contributed by atoms with Crippen LogP contribution in [0.1, 0.15) is 29.3 Å². The van der Waals surface area contributed by atoms with E-state index < -0.39 is 0 Å². The van der Waals surface area contributed by atoms with Crippen LogP contribution in [-0.2, 0) is 0 Å². The van der Waals surface area contributed by atoms with Crippen molar-refractivity contribution in [1.82, 2.24) is 5.43 Å². The number of carbonyl (C=O) groups excluding carboxylic acids is 1. The van der Waals surface area contributed by atoms with Crippen LogP contribution in [0.4, 0.5) is 0 Å². The van der Waals surface area contributed by atoms with E-state index in [2.05, 4.69) is 10.5 Å². The Bertz CT molecular complexity index is 793. The van der Waals surface area contributed by atoms with Crippen molar-refractivity contribution in [1.29, 1.82) is 0 Å². The highest BCUT2D eigenvalue weighted by Crippen LogP contribution is 2.32. The molecule has 0 aliphatic heterocycles. The van der Waals surface area contributed by atoms with Gasteiger partial charge < -0.3 is 14.2 Å². The van der Waals surface area contributed by atoms with Crippen LogP contribution in [0.2, 0.25) is 5.02 Å². The molecule has 7 heteroatoms. The average Bonchev–Trinajstić information content (AvgIpc) is 2.67. The van der Waals surface area contributed by atoms with E-state index in [0.717, 1.165) is 6.42 Å². The maximum absolute atomic E-state index is 12.3. The summed E-state index contributed by atoms with van der Waals surface area (Å²) in [5.74, 6) is 1.18. The minimum absolute atomic E-state index is 0.371. The summed E-state index contributed by atoms with van der Waals surface area (Å²) in [5.41, 5.74) is 3.47. The predicted molar refractivity (Wildman–Crippen MR) is 102 cm³/mol. The van der Waals surface area contributed by atoms with Crippen LogP contribution < -0.4 is 19.6 Å². The molecule has 0 aliphatic rings. The van der Waals surface area contributed by atoms with E-state index in [4.69, 9.17) is 25.8 Å². The Hall–Kier alpha value is -2.73. The second-order valence-corrected chi connectivity index (χ2v) is 5.68. The molecule has 0 bridgehead atoms. The average molecular weight is 377 g/mol. The van der Waals surface area contributed by atoms with Crippen molar-refractivity contribution in [3.63, 3.8) is 0 Å². The van der Waals surface area contributed by atoms with Crippen molar-refractivity contribution >= 4 is 23.7 Å². The molecule has 0 heterocycles. The van der Waals surface area contributed by atoms with Gasteiger partial charge in [-0.25, -0.2) is 5.43 Å². The van der Waals surface area contributed by atoms with E-state index in [1.165, 1.54) is 20.4 Å². The molecule has 1 N–H and O–H groups in total. The van der Waals surface area contributed by atoms with Crippen LogP contribution in [0.5, 0.6) is 17.2 Å². The first-order valence-corrected chi connectivity index (χ1v) is 8.45. The first-order chi connectivity index (χ1) is 12.6. The fourth-order valence-electron chi connectivity index (χ4n) is 2.18. The smallest absolute Gasteiger partial charge is 0.275 e. The molecular formula is C19H21ClN2O4. The Balaban J connectivity index is 2.13. The Morgan fingerprint density at radius 3 is 2.54 bits per heavy atom. The van der Waals surface area contributed by atoms with Crippen LogP contribution in [0.25, 0.3) is 0 Å². The van der Waals surface area contributed by atoms with Crippen molar-refractivity contribution in [3.8, 4) is 17.2 Å². The number of methoxy groups -OCH3 is 2. The van der Waals surface area contributed by atoms with Crippen LogP contribution >= 0.6 is 11.6 Å². The van der Waals surface area contributed by atoms with Gasteiger partial charge in [0.1, 0.15) is 5.75 Å². The van der Waals surface area contributed by atoms with Crippen LogP contribution in [0.3, 0.4) is 0 Å². The quantitative estimate of drug-likeness (QED) is 0.560. The zero-order valence-corrected chi connectivity index (χ0v) is 15.7. The summed E-state index contributed by atoms with van der Waals surface area (Å²) in [7, 11) is 3.06. The van der Waals surface area contributed by atoms with Gasteiger partial charge in [-0.2, -0.15) is 5.10 Å². The summed E-state index contributed by atoms with van der Waals surface area (Å²) in [4.78, 5) is 12.3. The van der Waals surface area contributed by atoms with Gasteiger partial charge in [0, 0.05) is 11.6 Å². The number of nitrogens with zero attached hydrogens (tertiary/aromatic N) is 1. The third kappa shape index (κ3) is 4.89. The molecular weight excluding hydrogens is 356 g/mol. The molecule has 138 valence electrons. The van der Waals surface area contributed by atoms with Gasteiger partial charge in [0.2, 0.25) is 0 Å². The first-order valence-electron chi connectivity index (χ1n) is 8.07. The van der Waals surface area contributed by atoms with Gasteiger partial charge in [-0.1, -0.05) is 30.7 Å². The number of halogens is 1. The third-order valence-electron chi connectivity index (χ3n) is 3.47. The number of hydrogen-bond acceptors (Lipinski definition) is 5. The van der Waals surface area contributed by atoms with Gasteiger partial charge >= 0.3 is 0 Å². The number of benzene rings is 2. The highest BCUT2D eigenvalue weighted by molar-refractivity contribution is 6.33. The summed E-state index contributed by atoms with van der Waals surface area (Å²) in [5, 5.41) is 4.39. The Morgan fingerprint density at radius 2 is 1.85 bits per heavy atom. The monoisotopic (exact) mass is 376 g/mol. The number of hydrazone groups is 1.